The molecule has 1 aliphatic heterocycles. The predicted molar refractivity (Wildman–Crippen MR) is 91.7 cm³/mol. The molecule has 3 rings (SSSR count). The van der Waals surface area contributed by atoms with E-state index in [9.17, 15) is 4.39 Å². The van der Waals surface area contributed by atoms with Gasteiger partial charge in [0, 0.05) is 37.6 Å². The first-order valence-electron chi connectivity index (χ1n) is 7.56. The Morgan fingerprint density at radius 1 is 1.17 bits per heavy atom. The van der Waals surface area contributed by atoms with Crippen LogP contribution in [0.15, 0.2) is 30.5 Å². The minimum atomic E-state index is -0.559. The first kappa shape index (κ1) is 16.5. The summed E-state index contributed by atoms with van der Waals surface area (Å²) in [5, 5.41) is 4.42. The molecule has 3 nitrogen and oxygen atoms in total. The Balaban J connectivity index is 1.79. The van der Waals surface area contributed by atoms with Gasteiger partial charge in [-0.15, -0.1) is 0 Å². The molecule has 0 aliphatic carbocycles. The van der Waals surface area contributed by atoms with E-state index >= 15 is 0 Å². The summed E-state index contributed by atoms with van der Waals surface area (Å²) in [7, 11) is 0. The van der Waals surface area contributed by atoms with Gasteiger partial charge in [0.15, 0.2) is 0 Å². The van der Waals surface area contributed by atoms with Gasteiger partial charge in [-0.25, -0.2) is 4.98 Å². The standard InChI is InChI=1S/C17H17Cl2FN2O/c18-14-2-1-12(13-8-17(20)22-10-15(13)19)7-16(14)21-9-11-3-5-23-6-4-11/h1-2,7-8,10-11,21H,3-6,9H2. The number of hydrogen-bond acceptors (Lipinski definition) is 3. The monoisotopic (exact) mass is 354 g/mol. The fraction of sp³-hybridized carbons (Fsp3) is 0.353. The minimum absolute atomic E-state index is 0.407. The van der Waals surface area contributed by atoms with E-state index in [1.165, 1.54) is 12.3 Å². The summed E-state index contributed by atoms with van der Waals surface area (Å²) in [5.41, 5.74) is 2.23. The van der Waals surface area contributed by atoms with Crippen molar-refractivity contribution in [2.24, 2.45) is 5.92 Å². The third-order valence-electron chi connectivity index (χ3n) is 4.02. The molecule has 2 aromatic rings. The zero-order chi connectivity index (χ0) is 16.2. The Labute approximate surface area is 144 Å². The lowest BCUT2D eigenvalue weighted by Crippen LogP contribution is -2.22. The Kier molecular flexibility index (Phi) is 5.36. The van der Waals surface area contributed by atoms with Gasteiger partial charge < -0.3 is 10.1 Å². The van der Waals surface area contributed by atoms with Crippen molar-refractivity contribution in [1.29, 1.82) is 0 Å². The number of anilines is 1. The number of ether oxygens (including phenoxy) is 1. The van der Waals surface area contributed by atoms with Gasteiger partial charge in [-0.05, 0) is 36.5 Å². The SMILES string of the molecule is Fc1cc(-c2ccc(Cl)c(NCC3CCOCC3)c2)c(Cl)cn1. The molecule has 0 atom stereocenters. The van der Waals surface area contributed by atoms with Crippen LogP contribution in [-0.4, -0.2) is 24.7 Å². The summed E-state index contributed by atoms with van der Waals surface area (Å²) in [6, 6.07) is 6.83. The minimum Gasteiger partial charge on any atom is -0.384 e. The molecule has 1 N–H and O–H groups in total. The number of rotatable bonds is 4. The largest absolute Gasteiger partial charge is 0.384 e. The van der Waals surface area contributed by atoms with Crippen molar-refractivity contribution in [3.63, 3.8) is 0 Å². The van der Waals surface area contributed by atoms with E-state index in [0.29, 0.717) is 21.5 Å². The fourth-order valence-electron chi connectivity index (χ4n) is 2.67. The quantitative estimate of drug-likeness (QED) is 0.781. The molecule has 0 radical (unpaired) electrons. The smallest absolute Gasteiger partial charge is 0.213 e. The van der Waals surface area contributed by atoms with Crippen LogP contribution in [0.3, 0.4) is 0 Å². The average Bonchev–Trinajstić information content (AvgIpc) is 2.57. The van der Waals surface area contributed by atoms with Crippen molar-refractivity contribution in [3.8, 4) is 11.1 Å². The van der Waals surface area contributed by atoms with Gasteiger partial charge in [0.25, 0.3) is 0 Å². The van der Waals surface area contributed by atoms with Crippen molar-refractivity contribution in [3.05, 3.63) is 46.5 Å². The average molecular weight is 355 g/mol. The second-order valence-electron chi connectivity index (χ2n) is 5.62. The van der Waals surface area contributed by atoms with Crippen LogP contribution in [0, 0.1) is 11.9 Å². The van der Waals surface area contributed by atoms with Crippen molar-refractivity contribution in [1.82, 2.24) is 4.98 Å². The molecule has 1 aromatic carbocycles. The fourth-order valence-corrected chi connectivity index (χ4v) is 3.06. The Morgan fingerprint density at radius 3 is 2.74 bits per heavy atom. The second-order valence-corrected chi connectivity index (χ2v) is 6.43. The van der Waals surface area contributed by atoms with Gasteiger partial charge >= 0.3 is 0 Å². The van der Waals surface area contributed by atoms with E-state index < -0.39 is 5.95 Å². The third kappa shape index (κ3) is 4.14. The van der Waals surface area contributed by atoms with Gasteiger partial charge in [-0.2, -0.15) is 4.39 Å². The number of nitrogens with one attached hydrogen (secondary N) is 1. The molecule has 23 heavy (non-hydrogen) atoms. The maximum atomic E-state index is 13.4. The summed E-state index contributed by atoms with van der Waals surface area (Å²) >= 11 is 12.4. The molecular weight excluding hydrogens is 338 g/mol. The molecule has 122 valence electrons. The molecule has 0 unspecified atom stereocenters. The number of benzene rings is 1. The van der Waals surface area contributed by atoms with E-state index in [1.54, 1.807) is 6.07 Å². The topological polar surface area (TPSA) is 34.1 Å². The van der Waals surface area contributed by atoms with Crippen LogP contribution in [0.25, 0.3) is 11.1 Å². The Bertz CT molecular complexity index is 690. The van der Waals surface area contributed by atoms with Crippen LogP contribution in [0.4, 0.5) is 10.1 Å². The molecule has 1 fully saturated rings. The first-order valence-corrected chi connectivity index (χ1v) is 8.31. The van der Waals surface area contributed by atoms with Crippen molar-refractivity contribution in [2.75, 3.05) is 25.1 Å². The molecule has 0 saturated carbocycles. The molecule has 0 bridgehead atoms. The number of hydrogen-bond donors (Lipinski definition) is 1. The van der Waals surface area contributed by atoms with Crippen LogP contribution in [0.5, 0.6) is 0 Å². The number of pyridine rings is 1. The molecule has 2 heterocycles. The van der Waals surface area contributed by atoms with Crippen LogP contribution < -0.4 is 5.32 Å². The highest BCUT2D eigenvalue weighted by atomic mass is 35.5. The van der Waals surface area contributed by atoms with Crippen molar-refractivity contribution < 1.29 is 9.13 Å². The third-order valence-corrected chi connectivity index (χ3v) is 4.65. The number of halogens is 3. The maximum absolute atomic E-state index is 13.4. The summed E-state index contributed by atoms with van der Waals surface area (Å²) < 4.78 is 18.7. The normalized spacial score (nSPS) is 15.6. The summed E-state index contributed by atoms with van der Waals surface area (Å²) in [6.07, 6.45) is 3.41. The molecule has 1 aliphatic rings. The Hall–Kier alpha value is -1.36. The maximum Gasteiger partial charge on any atom is 0.213 e. The van der Waals surface area contributed by atoms with Gasteiger partial charge in [0.1, 0.15) is 0 Å². The van der Waals surface area contributed by atoms with Crippen LogP contribution >= 0.6 is 23.2 Å². The lowest BCUT2D eigenvalue weighted by molar-refractivity contribution is 0.0699. The van der Waals surface area contributed by atoms with Crippen molar-refractivity contribution >= 4 is 28.9 Å². The van der Waals surface area contributed by atoms with E-state index in [-0.39, 0.29) is 0 Å². The van der Waals surface area contributed by atoms with E-state index in [1.807, 2.05) is 12.1 Å². The van der Waals surface area contributed by atoms with Crippen LogP contribution in [0.2, 0.25) is 10.0 Å². The number of nitrogens with zero attached hydrogens (tertiary/aromatic N) is 1. The molecular formula is C17H17Cl2FN2O. The van der Waals surface area contributed by atoms with Gasteiger partial charge in [0.2, 0.25) is 5.95 Å². The summed E-state index contributed by atoms with van der Waals surface area (Å²) in [6.45, 7) is 2.46. The molecule has 0 spiro atoms. The highest BCUT2D eigenvalue weighted by Crippen LogP contribution is 2.33. The van der Waals surface area contributed by atoms with Gasteiger partial charge in [-0.1, -0.05) is 29.3 Å². The zero-order valence-corrected chi connectivity index (χ0v) is 14.0. The lowest BCUT2D eigenvalue weighted by atomic mass is 10.00. The molecule has 1 saturated heterocycles. The highest BCUT2D eigenvalue weighted by molar-refractivity contribution is 6.34. The van der Waals surface area contributed by atoms with Crippen LogP contribution in [0.1, 0.15) is 12.8 Å². The first-order chi connectivity index (χ1) is 11.1. The van der Waals surface area contributed by atoms with Gasteiger partial charge in [-0.3, -0.25) is 0 Å². The second kappa shape index (κ2) is 7.47. The molecule has 1 aromatic heterocycles. The van der Waals surface area contributed by atoms with E-state index in [0.717, 1.165) is 43.9 Å². The Morgan fingerprint density at radius 2 is 1.96 bits per heavy atom. The van der Waals surface area contributed by atoms with Gasteiger partial charge in [0.05, 0.1) is 15.7 Å². The van der Waals surface area contributed by atoms with Crippen LogP contribution in [-0.2, 0) is 4.74 Å². The number of aromatic nitrogens is 1. The predicted octanol–water partition coefficient (Wildman–Crippen LogP) is 5.03. The summed E-state index contributed by atoms with van der Waals surface area (Å²) in [5.74, 6) is 0.0153. The lowest BCUT2D eigenvalue weighted by Gasteiger charge is -2.23. The summed E-state index contributed by atoms with van der Waals surface area (Å²) in [4.78, 5) is 3.55. The molecule has 0 amide bonds. The zero-order valence-electron chi connectivity index (χ0n) is 12.5. The highest BCUT2D eigenvalue weighted by Gasteiger charge is 2.14. The van der Waals surface area contributed by atoms with E-state index in [4.69, 9.17) is 27.9 Å². The van der Waals surface area contributed by atoms with E-state index in [2.05, 4.69) is 10.3 Å². The molecule has 6 heteroatoms. The van der Waals surface area contributed by atoms with Crippen molar-refractivity contribution in [2.45, 2.75) is 12.8 Å².